The molecule has 2 aliphatic heterocycles. The Morgan fingerprint density at radius 3 is 2.48 bits per heavy atom. The summed E-state index contributed by atoms with van der Waals surface area (Å²) in [6.07, 6.45) is 1.70. The molecule has 3 amide bonds. The number of methoxy groups -OCH3 is 2. The number of nitrogens with zero attached hydrogens (tertiary/aromatic N) is 3. The minimum Gasteiger partial charge on any atom is -0.497 e. The Morgan fingerprint density at radius 2 is 1.86 bits per heavy atom. The van der Waals surface area contributed by atoms with Gasteiger partial charge in [-0.3, -0.25) is 14.7 Å². The van der Waals surface area contributed by atoms with Gasteiger partial charge >= 0.3 is 6.03 Å². The molecule has 0 spiro atoms. The molecule has 0 radical (unpaired) electrons. The molecule has 2 aromatic rings. The highest BCUT2D eigenvalue weighted by Gasteiger charge is 2.43. The Hall–Kier alpha value is -3.55. The van der Waals surface area contributed by atoms with Gasteiger partial charge in [-0.15, -0.1) is 0 Å². The summed E-state index contributed by atoms with van der Waals surface area (Å²) in [7, 11) is 4.79. The first-order valence-electron chi connectivity index (χ1n) is 9.21. The first-order valence-corrected chi connectivity index (χ1v) is 9.21. The lowest BCUT2D eigenvalue weighted by Gasteiger charge is -2.31. The average molecular weight is 394 g/mol. The van der Waals surface area contributed by atoms with Gasteiger partial charge in [0.15, 0.2) is 0 Å². The molecule has 1 aromatic carbocycles. The highest BCUT2D eigenvalue weighted by molar-refractivity contribution is 6.01. The fraction of sp³-hybridized carbons (Fsp3) is 0.286. The van der Waals surface area contributed by atoms with Crippen LogP contribution in [0, 0.1) is 0 Å². The minimum atomic E-state index is -0.584. The van der Waals surface area contributed by atoms with E-state index in [1.165, 1.54) is 4.90 Å². The van der Waals surface area contributed by atoms with Crippen LogP contribution >= 0.6 is 0 Å². The maximum absolute atomic E-state index is 13.3. The number of hydrogen-bond acceptors (Lipinski definition) is 5. The highest BCUT2D eigenvalue weighted by atomic mass is 16.5. The number of carbonyl (C=O) groups is 2. The van der Waals surface area contributed by atoms with Gasteiger partial charge in [-0.05, 0) is 29.8 Å². The molecular weight excluding hydrogens is 372 g/mol. The SMILES string of the molecule is COc1cc(OC)cc([C@@H]2NC(=O)N(C)C3=C2C(=O)N(Cc2ccccn2)C3)c1. The van der Waals surface area contributed by atoms with Crippen LogP contribution in [0.3, 0.4) is 0 Å². The van der Waals surface area contributed by atoms with Crippen molar-refractivity contribution in [1.29, 1.82) is 0 Å². The third-order valence-electron chi connectivity index (χ3n) is 5.22. The zero-order valence-electron chi connectivity index (χ0n) is 16.5. The number of hydrogen-bond donors (Lipinski definition) is 1. The van der Waals surface area contributed by atoms with Gasteiger partial charge in [0.05, 0.1) is 50.3 Å². The van der Waals surface area contributed by atoms with Gasteiger partial charge in [0.1, 0.15) is 11.5 Å². The van der Waals surface area contributed by atoms with Crippen molar-refractivity contribution in [2.45, 2.75) is 12.6 Å². The summed E-state index contributed by atoms with van der Waals surface area (Å²) in [6, 6.07) is 10.1. The number of carbonyl (C=O) groups excluding carboxylic acids is 2. The summed E-state index contributed by atoms with van der Waals surface area (Å²) in [5, 5.41) is 2.93. The first kappa shape index (κ1) is 18.8. The zero-order valence-corrected chi connectivity index (χ0v) is 16.5. The molecule has 0 saturated heterocycles. The second kappa shape index (κ2) is 7.46. The van der Waals surface area contributed by atoms with Crippen LogP contribution in [0.4, 0.5) is 4.79 Å². The van der Waals surface area contributed by atoms with Crippen LogP contribution in [0.5, 0.6) is 11.5 Å². The monoisotopic (exact) mass is 394 g/mol. The summed E-state index contributed by atoms with van der Waals surface area (Å²) in [6.45, 7) is 0.731. The summed E-state index contributed by atoms with van der Waals surface area (Å²) >= 11 is 0. The molecule has 0 bridgehead atoms. The van der Waals surface area contributed by atoms with Gasteiger partial charge in [-0.2, -0.15) is 0 Å². The van der Waals surface area contributed by atoms with Crippen LogP contribution in [0.1, 0.15) is 17.3 Å². The molecule has 8 heteroatoms. The largest absolute Gasteiger partial charge is 0.497 e. The van der Waals surface area contributed by atoms with Crippen molar-refractivity contribution in [2.75, 3.05) is 27.8 Å². The van der Waals surface area contributed by atoms with Crippen molar-refractivity contribution in [2.24, 2.45) is 0 Å². The molecule has 3 heterocycles. The third-order valence-corrected chi connectivity index (χ3v) is 5.22. The summed E-state index contributed by atoms with van der Waals surface area (Å²) in [5.74, 6) is 1.06. The zero-order chi connectivity index (χ0) is 20.5. The summed E-state index contributed by atoms with van der Waals surface area (Å²) in [5.41, 5.74) is 2.77. The predicted molar refractivity (Wildman–Crippen MR) is 105 cm³/mol. The van der Waals surface area contributed by atoms with Crippen molar-refractivity contribution >= 4 is 11.9 Å². The van der Waals surface area contributed by atoms with E-state index < -0.39 is 6.04 Å². The molecule has 2 aliphatic rings. The van der Waals surface area contributed by atoms with Gasteiger partial charge in [0, 0.05) is 19.3 Å². The second-order valence-corrected chi connectivity index (χ2v) is 6.93. The fourth-order valence-electron chi connectivity index (χ4n) is 3.68. The van der Waals surface area contributed by atoms with Gasteiger partial charge in [-0.25, -0.2) is 4.79 Å². The highest BCUT2D eigenvalue weighted by Crippen LogP contribution is 2.38. The molecule has 0 fully saturated rings. The number of amides is 3. The Labute approximate surface area is 168 Å². The summed E-state index contributed by atoms with van der Waals surface area (Å²) < 4.78 is 10.7. The van der Waals surface area contributed by atoms with E-state index in [2.05, 4.69) is 10.3 Å². The molecule has 0 aliphatic carbocycles. The van der Waals surface area contributed by atoms with E-state index in [-0.39, 0.29) is 11.9 Å². The van der Waals surface area contributed by atoms with E-state index in [4.69, 9.17) is 9.47 Å². The quantitative estimate of drug-likeness (QED) is 0.840. The van der Waals surface area contributed by atoms with E-state index >= 15 is 0 Å². The number of urea groups is 1. The number of rotatable bonds is 5. The Balaban J connectivity index is 1.71. The maximum Gasteiger partial charge on any atom is 0.322 e. The molecule has 1 N–H and O–H groups in total. The number of aromatic nitrogens is 1. The van der Waals surface area contributed by atoms with Crippen molar-refractivity contribution < 1.29 is 19.1 Å². The fourth-order valence-corrected chi connectivity index (χ4v) is 3.68. The van der Waals surface area contributed by atoms with Crippen LogP contribution < -0.4 is 14.8 Å². The molecule has 1 atom stereocenters. The van der Waals surface area contributed by atoms with Gasteiger partial charge < -0.3 is 19.7 Å². The van der Waals surface area contributed by atoms with Crippen LogP contribution in [0.2, 0.25) is 0 Å². The van der Waals surface area contributed by atoms with E-state index in [0.29, 0.717) is 35.9 Å². The van der Waals surface area contributed by atoms with E-state index in [1.807, 2.05) is 18.2 Å². The number of benzene rings is 1. The maximum atomic E-state index is 13.3. The lowest BCUT2D eigenvalue weighted by molar-refractivity contribution is -0.126. The molecule has 1 aromatic heterocycles. The Morgan fingerprint density at radius 1 is 1.14 bits per heavy atom. The van der Waals surface area contributed by atoms with Gasteiger partial charge in [-0.1, -0.05) is 6.07 Å². The summed E-state index contributed by atoms with van der Waals surface area (Å²) in [4.78, 5) is 33.4. The Bertz CT molecular complexity index is 967. The van der Waals surface area contributed by atoms with Gasteiger partial charge in [0.2, 0.25) is 0 Å². The van der Waals surface area contributed by atoms with Crippen molar-refractivity contribution in [3.63, 3.8) is 0 Å². The van der Waals surface area contributed by atoms with Crippen molar-refractivity contribution in [1.82, 2.24) is 20.1 Å². The number of ether oxygens (including phenoxy) is 2. The van der Waals surface area contributed by atoms with Crippen LogP contribution in [0.15, 0.2) is 53.9 Å². The second-order valence-electron chi connectivity index (χ2n) is 6.93. The average Bonchev–Trinajstić information content (AvgIpc) is 3.07. The third kappa shape index (κ3) is 3.37. The molecule has 29 heavy (non-hydrogen) atoms. The molecule has 0 saturated carbocycles. The number of nitrogens with one attached hydrogen (secondary N) is 1. The number of pyridine rings is 1. The topological polar surface area (TPSA) is 84.0 Å². The lowest BCUT2D eigenvalue weighted by atomic mass is 9.95. The van der Waals surface area contributed by atoms with E-state index in [9.17, 15) is 9.59 Å². The standard InChI is InChI=1S/C21H22N4O4/c1-24-17-12-25(11-14-6-4-5-7-22-14)20(26)18(17)19(23-21(24)27)13-8-15(28-2)10-16(9-13)29-3/h4-10,19H,11-12H2,1-3H3,(H,23,27)/t19-/m0/s1. The molecule has 150 valence electrons. The molecule has 0 unspecified atom stereocenters. The van der Waals surface area contributed by atoms with Crippen LogP contribution in [0.25, 0.3) is 0 Å². The Kier molecular flexibility index (Phi) is 4.84. The number of likely N-dealkylation sites (N-methyl/N-ethyl adjacent to an activating group) is 1. The van der Waals surface area contributed by atoms with Crippen LogP contribution in [-0.2, 0) is 11.3 Å². The normalized spacial score (nSPS) is 18.7. The van der Waals surface area contributed by atoms with Crippen molar-refractivity contribution in [3.05, 3.63) is 65.1 Å². The van der Waals surface area contributed by atoms with Crippen molar-refractivity contribution in [3.8, 4) is 11.5 Å². The predicted octanol–water partition coefficient (Wildman–Crippen LogP) is 2.09. The van der Waals surface area contributed by atoms with E-state index in [0.717, 1.165) is 11.3 Å². The lowest BCUT2D eigenvalue weighted by Crippen LogP contribution is -2.45. The molecule has 4 rings (SSSR count). The molecular formula is C21H22N4O4. The smallest absolute Gasteiger partial charge is 0.322 e. The minimum absolute atomic E-state index is 0.121. The van der Waals surface area contributed by atoms with Gasteiger partial charge in [0.25, 0.3) is 5.91 Å². The van der Waals surface area contributed by atoms with Crippen LogP contribution in [-0.4, -0.2) is 54.5 Å². The van der Waals surface area contributed by atoms with E-state index in [1.54, 1.807) is 50.6 Å². The molecule has 8 nitrogen and oxygen atoms in total. The first-order chi connectivity index (χ1) is 14.0.